The highest BCUT2D eigenvalue weighted by atomic mass is 14.2. The predicted octanol–water partition coefficient (Wildman–Crippen LogP) is 4.27. The molecule has 0 spiro atoms. The van der Waals surface area contributed by atoms with Crippen LogP contribution in [0.3, 0.4) is 0 Å². The van der Waals surface area contributed by atoms with Gasteiger partial charge in [0.25, 0.3) is 0 Å². The van der Waals surface area contributed by atoms with Gasteiger partial charge in [0.2, 0.25) is 0 Å². The maximum Gasteiger partial charge on any atom is -0.0323 e. The molecule has 0 heteroatoms. The molecule has 11 heavy (non-hydrogen) atoms. The Bertz CT molecular complexity index is 84.7. The molecule has 0 radical (unpaired) electrons. The van der Waals surface area contributed by atoms with Crippen LogP contribution in [0.2, 0.25) is 0 Å². The monoisotopic (exact) mass is 156 g/mol. The molecule has 0 heterocycles. The molecule has 1 unspecified atom stereocenters. The van der Waals surface area contributed by atoms with Crippen molar-refractivity contribution in [3.63, 3.8) is 0 Å². The smallest absolute Gasteiger partial charge is 0.0323 e. The molecule has 68 valence electrons. The molecule has 0 nitrogen and oxygen atoms in total. The summed E-state index contributed by atoms with van der Waals surface area (Å²) in [5, 5.41) is 0. The van der Waals surface area contributed by atoms with Crippen molar-refractivity contribution >= 4 is 0 Å². The molecule has 0 bridgehead atoms. The first kappa shape index (κ1) is 13.3. The van der Waals surface area contributed by atoms with E-state index in [-0.39, 0.29) is 0 Å². The van der Waals surface area contributed by atoms with Gasteiger partial charge >= 0.3 is 0 Å². The van der Waals surface area contributed by atoms with Crippen LogP contribution >= 0.6 is 0 Å². The van der Waals surface area contributed by atoms with Crippen molar-refractivity contribution in [2.24, 2.45) is 11.3 Å². The van der Waals surface area contributed by atoms with E-state index in [0.717, 1.165) is 12.3 Å². The van der Waals surface area contributed by atoms with E-state index in [9.17, 15) is 0 Å². The zero-order valence-corrected chi connectivity index (χ0v) is 9.07. The van der Waals surface area contributed by atoms with Crippen LogP contribution in [0.5, 0.6) is 0 Å². The lowest BCUT2D eigenvalue weighted by atomic mass is 9.80. The highest BCUT2D eigenvalue weighted by Crippen LogP contribution is 2.27. The molecule has 0 aromatic carbocycles. The summed E-state index contributed by atoms with van der Waals surface area (Å²) in [7, 11) is 0. The third-order valence-corrected chi connectivity index (χ3v) is 2.00. The van der Waals surface area contributed by atoms with Crippen molar-refractivity contribution in [1.29, 1.82) is 0 Å². The summed E-state index contributed by atoms with van der Waals surface area (Å²) in [5.74, 6) is 0.745. The summed E-state index contributed by atoms with van der Waals surface area (Å²) in [5.41, 5.74) is 0.439. The van der Waals surface area contributed by atoms with Crippen LogP contribution < -0.4 is 0 Å². The molecule has 0 aliphatic rings. The Morgan fingerprint density at radius 2 is 1.64 bits per heavy atom. The van der Waals surface area contributed by atoms with E-state index in [0.29, 0.717) is 5.41 Å². The first-order valence-electron chi connectivity index (χ1n) is 4.59. The minimum absolute atomic E-state index is 0.439. The first-order valence-corrected chi connectivity index (χ1v) is 4.59. The van der Waals surface area contributed by atoms with Crippen LogP contribution in [0.25, 0.3) is 0 Å². The molecule has 0 aliphatic heterocycles. The van der Waals surface area contributed by atoms with Crippen LogP contribution in [-0.4, -0.2) is 0 Å². The van der Waals surface area contributed by atoms with Crippen LogP contribution in [0.1, 0.15) is 48.0 Å². The predicted molar refractivity (Wildman–Crippen MR) is 54.8 cm³/mol. The summed E-state index contributed by atoms with van der Waals surface area (Å²) in [6.07, 6.45) is 3.12. The lowest BCUT2D eigenvalue weighted by Gasteiger charge is -2.25. The first-order chi connectivity index (χ1) is 4.98. The van der Waals surface area contributed by atoms with Gasteiger partial charge < -0.3 is 0 Å². The Morgan fingerprint density at radius 1 is 1.27 bits per heavy atom. The molecule has 1 atom stereocenters. The third-order valence-electron chi connectivity index (χ3n) is 2.00. The van der Waals surface area contributed by atoms with Gasteiger partial charge in [-0.2, -0.15) is 0 Å². The second-order valence-electron chi connectivity index (χ2n) is 3.79. The van der Waals surface area contributed by atoms with Crippen molar-refractivity contribution in [1.82, 2.24) is 0 Å². The van der Waals surface area contributed by atoms with Gasteiger partial charge in [0.15, 0.2) is 0 Å². The average molecular weight is 156 g/mol. The topological polar surface area (TPSA) is 0 Å². The molecule has 0 amide bonds. The van der Waals surface area contributed by atoms with E-state index in [1.807, 2.05) is 19.9 Å². The van der Waals surface area contributed by atoms with Gasteiger partial charge in [-0.05, 0) is 17.8 Å². The van der Waals surface area contributed by atoms with Crippen LogP contribution in [0.15, 0.2) is 12.7 Å². The van der Waals surface area contributed by atoms with E-state index < -0.39 is 0 Å². The number of hydrogen-bond donors (Lipinski definition) is 0. The second-order valence-corrected chi connectivity index (χ2v) is 3.79. The minimum Gasteiger partial charge on any atom is -0.103 e. The number of hydrogen-bond acceptors (Lipinski definition) is 0. The van der Waals surface area contributed by atoms with E-state index in [4.69, 9.17) is 0 Å². The van der Waals surface area contributed by atoms with Crippen molar-refractivity contribution < 1.29 is 0 Å². The van der Waals surface area contributed by atoms with Crippen molar-refractivity contribution in [3.05, 3.63) is 12.7 Å². The minimum atomic E-state index is 0.439. The van der Waals surface area contributed by atoms with Gasteiger partial charge in [-0.15, -0.1) is 6.58 Å². The van der Waals surface area contributed by atoms with Gasteiger partial charge in [0.05, 0.1) is 0 Å². The van der Waals surface area contributed by atoms with E-state index in [1.165, 1.54) is 0 Å². The quantitative estimate of drug-likeness (QED) is 0.524. The third kappa shape index (κ3) is 7.64. The molecule has 0 saturated heterocycles. The van der Waals surface area contributed by atoms with Crippen molar-refractivity contribution in [2.75, 3.05) is 0 Å². The molecule has 0 saturated carbocycles. The van der Waals surface area contributed by atoms with Crippen LogP contribution in [0.4, 0.5) is 0 Å². The van der Waals surface area contributed by atoms with Crippen molar-refractivity contribution in [3.8, 4) is 0 Å². The molecule has 0 rings (SSSR count). The van der Waals surface area contributed by atoms with Crippen LogP contribution in [0, 0.1) is 11.3 Å². The lowest BCUT2D eigenvalue weighted by molar-refractivity contribution is 0.264. The maximum atomic E-state index is 3.71. The largest absolute Gasteiger partial charge is 0.103 e. The Kier molecular flexibility index (Phi) is 7.82. The summed E-state index contributed by atoms with van der Waals surface area (Å²) >= 11 is 0. The SMILES string of the molecule is C=CCC(C)C(C)(C)C.CC. The van der Waals surface area contributed by atoms with Gasteiger partial charge in [0.1, 0.15) is 0 Å². The molecule has 0 aromatic heterocycles. The number of allylic oxidation sites excluding steroid dienone is 1. The van der Waals surface area contributed by atoms with E-state index >= 15 is 0 Å². The van der Waals surface area contributed by atoms with Gasteiger partial charge in [-0.25, -0.2) is 0 Å². The average Bonchev–Trinajstić information content (AvgIpc) is 1.91. The fourth-order valence-electron chi connectivity index (χ4n) is 0.604. The lowest BCUT2D eigenvalue weighted by Crippen LogP contribution is -2.16. The normalized spacial score (nSPS) is 12.9. The molecular formula is C11H24. The van der Waals surface area contributed by atoms with Crippen LogP contribution in [-0.2, 0) is 0 Å². The zero-order chi connectivity index (χ0) is 9.49. The number of rotatable bonds is 2. The molecule has 0 N–H and O–H groups in total. The summed E-state index contributed by atoms with van der Waals surface area (Å²) in [4.78, 5) is 0. The molecule has 0 aliphatic carbocycles. The van der Waals surface area contributed by atoms with Crippen molar-refractivity contribution in [2.45, 2.75) is 48.0 Å². The Balaban J connectivity index is 0. The van der Waals surface area contributed by atoms with Gasteiger partial charge in [0, 0.05) is 0 Å². The second kappa shape index (κ2) is 6.45. The van der Waals surface area contributed by atoms with E-state index in [2.05, 4.69) is 34.3 Å². The van der Waals surface area contributed by atoms with Gasteiger partial charge in [-0.3, -0.25) is 0 Å². The molecule has 0 fully saturated rings. The summed E-state index contributed by atoms with van der Waals surface area (Å²) in [6.45, 7) is 16.8. The Morgan fingerprint density at radius 3 is 1.73 bits per heavy atom. The van der Waals surface area contributed by atoms with Gasteiger partial charge in [-0.1, -0.05) is 47.6 Å². The fourth-order valence-corrected chi connectivity index (χ4v) is 0.604. The summed E-state index contributed by atoms with van der Waals surface area (Å²) < 4.78 is 0. The Labute approximate surface area is 72.7 Å². The molecular weight excluding hydrogens is 132 g/mol. The highest BCUT2D eigenvalue weighted by molar-refractivity contribution is 4.77. The standard InChI is InChI=1S/C9H18.C2H6/c1-6-7-8(2)9(3,4)5;1-2/h6,8H,1,7H2,2-5H3;1-2H3. The molecule has 0 aromatic rings. The fraction of sp³-hybridized carbons (Fsp3) is 0.818. The Hall–Kier alpha value is -0.260. The van der Waals surface area contributed by atoms with E-state index in [1.54, 1.807) is 0 Å². The zero-order valence-electron chi connectivity index (χ0n) is 9.07. The summed E-state index contributed by atoms with van der Waals surface area (Å²) in [6, 6.07) is 0. The maximum absolute atomic E-state index is 3.71. The highest BCUT2D eigenvalue weighted by Gasteiger charge is 2.17.